The molecule has 1 atom stereocenters. The van der Waals surface area contributed by atoms with E-state index in [9.17, 15) is 4.79 Å². The molecule has 1 aliphatic heterocycles. The highest BCUT2D eigenvalue weighted by Gasteiger charge is 2.16. The van der Waals surface area contributed by atoms with E-state index in [-0.39, 0.29) is 5.91 Å². The number of hydrogen-bond donors (Lipinski definition) is 1. The van der Waals surface area contributed by atoms with Gasteiger partial charge in [-0.1, -0.05) is 11.6 Å². The molecule has 1 N–H and O–H groups in total. The van der Waals surface area contributed by atoms with Crippen molar-refractivity contribution >= 4 is 41.0 Å². The molecule has 2 heterocycles. The van der Waals surface area contributed by atoms with Crippen LogP contribution in [0.2, 0.25) is 5.15 Å². The van der Waals surface area contributed by atoms with E-state index in [0.717, 1.165) is 11.5 Å². The number of rotatable bonds is 3. The summed E-state index contributed by atoms with van der Waals surface area (Å²) in [6.07, 6.45) is 2.77. The third-order valence-electron chi connectivity index (χ3n) is 2.23. The Hall–Kier alpha value is -0.460. The number of halogens is 1. The molecule has 0 bridgehead atoms. The van der Waals surface area contributed by atoms with Gasteiger partial charge in [0.1, 0.15) is 10.8 Å². The van der Waals surface area contributed by atoms with Crippen molar-refractivity contribution in [2.24, 2.45) is 0 Å². The maximum absolute atomic E-state index is 11.7. The molecule has 1 fully saturated rings. The van der Waals surface area contributed by atoms with E-state index >= 15 is 0 Å². The number of aromatic nitrogens is 2. The smallest absolute Gasteiger partial charge is 0.271 e. The molecule has 1 aromatic rings. The van der Waals surface area contributed by atoms with Gasteiger partial charge in [-0.2, -0.15) is 23.5 Å². The second kappa shape index (κ2) is 6.47. The first-order chi connectivity index (χ1) is 8.25. The standard InChI is InChI=1S/C10H12ClN3OS2/c11-9-5-12-8(4-13-9)10(15)14-3-7-6-16-1-2-17-7/h4-5,7H,1-3,6H2,(H,14,15). The molecule has 0 saturated carbocycles. The molecule has 17 heavy (non-hydrogen) atoms. The van der Waals surface area contributed by atoms with Gasteiger partial charge in [0.2, 0.25) is 0 Å². The van der Waals surface area contributed by atoms with Gasteiger partial charge in [0.15, 0.2) is 0 Å². The molecule has 0 radical (unpaired) electrons. The van der Waals surface area contributed by atoms with E-state index in [2.05, 4.69) is 15.3 Å². The van der Waals surface area contributed by atoms with Crippen LogP contribution in [0.25, 0.3) is 0 Å². The Balaban J connectivity index is 1.82. The lowest BCUT2D eigenvalue weighted by molar-refractivity contribution is 0.0949. The summed E-state index contributed by atoms with van der Waals surface area (Å²) in [5, 5.41) is 3.66. The van der Waals surface area contributed by atoms with Crippen molar-refractivity contribution in [3.05, 3.63) is 23.2 Å². The van der Waals surface area contributed by atoms with Crippen LogP contribution in [0.15, 0.2) is 12.4 Å². The minimum absolute atomic E-state index is 0.189. The van der Waals surface area contributed by atoms with Crippen molar-refractivity contribution in [1.29, 1.82) is 0 Å². The zero-order chi connectivity index (χ0) is 12.1. The van der Waals surface area contributed by atoms with Crippen molar-refractivity contribution in [1.82, 2.24) is 15.3 Å². The maximum Gasteiger partial charge on any atom is 0.271 e. The molecule has 0 aliphatic carbocycles. The highest BCUT2D eigenvalue weighted by molar-refractivity contribution is 8.06. The van der Waals surface area contributed by atoms with Gasteiger partial charge < -0.3 is 5.32 Å². The summed E-state index contributed by atoms with van der Waals surface area (Å²) in [5.41, 5.74) is 0.308. The topological polar surface area (TPSA) is 54.9 Å². The molecule has 2 rings (SSSR count). The first kappa shape index (κ1) is 13.0. The SMILES string of the molecule is O=C(NCC1CSCCS1)c1cnc(Cl)cn1. The molecular formula is C10H12ClN3OS2. The number of hydrogen-bond acceptors (Lipinski definition) is 5. The van der Waals surface area contributed by atoms with E-state index in [4.69, 9.17) is 11.6 Å². The Bertz CT molecular complexity index is 382. The number of carbonyl (C=O) groups excluding carboxylic acids is 1. The first-order valence-electron chi connectivity index (χ1n) is 5.21. The van der Waals surface area contributed by atoms with E-state index in [1.54, 1.807) is 0 Å². The van der Waals surface area contributed by atoms with E-state index in [0.29, 0.717) is 22.6 Å². The molecule has 1 unspecified atom stereocenters. The second-order valence-electron chi connectivity index (χ2n) is 3.50. The van der Waals surface area contributed by atoms with Gasteiger partial charge in [0, 0.05) is 29.1 Å². The highest BCUT2D eigenvalue weighted by Crippen LogP contribution is 2.23. The van der Waals surface area contributed by atoms with Gasteiger partial charge >= 0.3 is 0 Å². The van der Waals surface area contributed by atoms with Crippen molar-refractivity contribution in [2.45, 2.75) is 5.25 Å². The molecule has 1 amide bonds. The molecule has 92 valence electrons. The number of nitrogens with zero attached hydrogens (tertiary/aromatic N) is 2. The van der Waals surface area contributed by atoms with Crippen LogP contribution in [0.5, 0.6) is 0 Å². The summed E-state index contributed by atoms with van der Waals surface area (Å²) in [5.74, 6) is 3.27. The minimum atomic E-state index is -0.189. The predicted molar refractivity (Wildman–Crippen MR) is 72.9 cm³/mol. The Morgan fingerprint density at radius 2 is 2.35 bits per heavy atom. The molecule has 1 aromatic heterocycles. The molecule has 7 heteroatoms. The maximum atomic E-state index is 11.7. The molecule has 0 aromatic carbocycles. The first-order valence-corrected chi connectivity index (χ1v) is 7.79. The average molecular weight is 290 g/mol. The largest absolute Gasteiger partial charge is 0.350 e. The summed E-state index contributed by atoms with van der Waals surface area (Å²) >= 11 is 9.45. The van der Waals surface area contributed by atoms with E-state index in [1.807, 2.05) is 23.5 Å². The van der Waals surface area contributed by atoms with Crippen LogP contribution in [0, 0.1) is 0 Å². The molecule has 4 nitrogen and oxygen atoms in total. The minimum Gasteiger partial charge on any atom is -0.350 e. The van der Waals surface area contributed by atoms with Crippen LogP contribution >= 0.6 is 35.1 Å². The van der Waals surface area contributed by atoms with E-state index < -0.39 is 0 Å². The lowest BCUT2D eigenvalue weighted by Crippen LogP contribution is -2.33. The third-order valence-corrected chi connectivity index (χ3v) is 5.27. The summed E-state index contributed by atoms with van der Waals surface area (Å²) < 4.78 is 0. The predicted octanol–water partition coefficient (Wildman–Crippen LogP) is 1.71. The molecule has 0 spiro atoms. The van der Waals surface area contributed by atoms with Crippen molar-refractivity contribution in [3.63, 3.8) is 0 Å². The number of amides is 1. The number of carbonyl (C=O) groups is 1. The van der Waals surface area contributed by atoms with Crippen LogP contribution in [0.4, 0.5) is 0 Å². The Kier molecular flexibility index (Phi) is 4.94. The van der Waals surface area contributed by atoms with Crippen molar-refractivity contribution in [3.8, 4) is 0 Å². The van der Waals surface area contributed by atoms with Crippen molar-refractivity contribution in [2.75, 3.05) is 23.8 Å². The van der Waals surface area contributed by atoms with Gasteiger partial charge in [-0.3, -0.25) is 4.79 Å². The van der Waals surface area contributed by atoms with Crippen LogP contribution in [-0.4, -0.2) is 44.9 Å². The second-order valence-corrected chi connectivity index (χ2v) is 6.45. The summed E-state index contributed by atoms with van der Waals surface area (Å²) in [6.45, 7) is 0.681. The number of nitrogens with one attached hydrogen (secondary N) is 1. The molecule has 1 saturated heterocycles. The van der Waals surface area contributed by atoms with E-state index in [1.165, 1.54) is 18.1 Å². The average Bonchev–Trinajstić information content (AvgIpc) is 2.38. The van der Waals surface area contributed by atoms with Gasteiger partial charge in [0.25, 0.3) is 5.91 Å². The summed E-state index contributed by atoms with van der Waals surface area (Å²) in [4.78, 5) is 19.5. The number of thioether (sulfide) groups is 2. The van der Waals surface area contributed by atoms with Crippen LogP contribution < -0.4 is 5.32 Å². The fourth-order valence-corrected chi connectivity index (χ4v) is 4.09. The monoisotopic (exact) mass is 289 g/mol. The molecule has 1 aliphatic rings. The lowest BCUT2D eigenvalue weighted by Gasteiger charge is -2.20. The van der Waals surface area contributed by atoms with Crippen LogP contribution in [0.3, 0.4) is 0 Å². The fourth-order valence-electron chi connectivity index (χ4n) is 1.38. The van der Waals surface area contributed by atoms with Crippen LogP contribution in [-0.2, 0) is 0 Å². The Labute approximate surface area is 113 Å². The van der Waals surface area contributed by atoms with Gasteiger partial charge in [-0.15, -0.1) is 0 Å². The molecular weight excluding hydrogens is 278 g/mol. The lowest BCUT2D eigenvalue weighted by atomic mass is 10.4. The Morgan fingerprint density at radius 1 is 1.47 bits per heavy atom. The quantitative estimate of drug-likeness (QED) is 0.918. The zero-order valence-electron chi connectivity index (χ0n) is 9.06. The van der Waals surface area contributed by atoms with Gasteiger partial charge in [-0.25, -0.2) is 9.97 Å². The van der Waals surface area contributed by atoms with Gasteiger partial charge in [0.05, 0.1) is 12.4 Å². The Morgan fingerprint density at radius 3 is 3.00 bits per heavy atom. The third kappa shape index (κ3) is 4.04. The highest BCUT2D eigenvalue weighted by atomic mass is 35.5. The summed E-state index contributed by atoms with van der Waals surface area (Å²) in [6, 6.07) is 0. The van der Waals surface area contributed by atoms with Crippen molar-refractivity contribution < 1.29 is 4.79 Å². The van der Waals surface area contributed by atoms with Gasteiger partial charge in [-0.05, 0) is 0 Å². The summed E-state index contributed by atoms with van der Waals surface area (Å²) in [7, 11) is 0. The normalized spacial score (nSPS) is 19.9. The zero-order valence-corrected chi connectivity index (χ0v) is 11.4. The fraction of sp³-hybridized carbons (Fsp3) is 0.500. The van der Waals surface area contributed by atoms with Crippen LogP contribution in [0.1, 0.15) is 10.5 Å².